The minimum atomic E-state index is -0.0723. The predicted octanol–water partition coefficient (Wildman–Crippen LogP) is 2.94. The van der Waals surface area contributed by atoms with Crippen LogP contribution in [0.5, 0.6) is 0 Å². The van der Waals surface area contributed by atoms with E-state index in [0.717, 1.165) is 55.3 Å². The standard InChI is InChI=1S/C17H24N4O2.ClH/c1-2-5-13-15-12(16(22)19-9-4-3-8-18)10-14(11-6-7-11)20-17(15)23-21-13;/h10-11H,2-9,18H2,1H3,(H,19,22);1H. The lowest BCUT2D eigenvalue weighted by Gasteiger charge is -2.08. The second-order valence-corrected chi connectivity index (χ2v) is 6.18. The third-order valence-corrected chi connectivity index (χ3v) is 4.18. The van der Waals surface area contributed by atoms with Crippen LogP contribution in [0.2, 0.25) is 0 Å². The molecule has 0 atom stereocenters. The first-order valence-electron chi connectivity index (χ1n) is 8.52. The Kier molecular flexibility index (Phi) is 6.57. The molecule has 0 aromatic carbocycles. The molecule has 0 radical (unpaired) electrons. The van der Waals surface area contributed by atoms with Crippen molar-refractivity contribution >= 4 is 29.4 Å². The van der Waals surface area contributed by atoms with E-state index in [9.17, 15) is 4.79 Å². The number of rotatable bonds is 8. The molecule has 7 heteroatoms. The van der Waals surface area contributed by atoms with Gasteiger partial charge in [0.05, 0.1) is 16.6 Å². The highest BCUT2D eigenvalue weighted by Crippen LogP contribution is 2.40. The number of carbonyl (C=O) groups excluding carboxylic acids is 1. The smallest absolute Gasteiger partial charge is 0.259 e. The van der Waals surface area contributed by atoms with Gasteiger partial charge in [0, 0.05) is 18.2 Å². The van der Waals surface area contributed by atoms with Crippen LogP contribution in [0.25, 0.3) is 11.1 Å². The number of aromatic nitrogens is 2. The highest BCUT2D eigenvalue weighted by molar-refractivity contribution is 6.06. The fraction of sp³-hybridized carbons (Fsp3) is 0.588. The van der Waals surface area contributed by atoms with Crippen LogP contribution in [0.15, 0.2) is 10.6 Å². The minimum absolute atomic E-state index is 0. The number of amides is 1. The molecule has 0 bridgehead atoms. The van der Waals surface area contributed by atoms with E-state index in [-0.39, 0.29) is 18.3 Å². The topological polar surface area (TPSA) is 94.0 Å². The van der Waals surface area contributed by atoms with Crippen molar-refractivity contribution in [1.82, 2.24) is 15.5 Å². The van der Waals surface area contributed by atoms with Gasteiger partial charge in [-0.2, -0.15) is 0 Å². The Morgan fingerprint density at radius 2 is 2.21 bits per heavy atom. The maximum absolute atomic E-state index is 12.6. The molecule has 2 aromatic rings. The lowest BCUT2D eigenvalue weighted by atomic mass is 10.0. The minimum Gasteiger partial charge on any atom is -0.352 e. The summed E-state index contributed by atoms with van der Waals surface area (Å²) in [7, 11) is 0. The summed E-state index contributed by atoms with van der Waals surface area (Å²) in [6.07, 6.45) is 5.79. The van der Waals surface area contributed by atoms with E-state index in [1.165, 1.54) is 0 Å². The molecule has 0 unspecified atom stereocenters. The van der Waals surface area contributed by atoms with Gasteiger partial charge in [-0.15, -0.1) is 12.4 Å². The van der Waals surface area contributed by atoms with Gasteiger partial charge in [0.25, 0.3) is 11.6 Å². The molecule has 3 rings (SSSR count). The molecule has 2 aromatic heterocycles. The number of nitrogens with one attached hydrogen (secondary N) is 1. The second-order valence-electron chi connectivity index (χ2n) is 6.18. The maximum Gasteiger partial charge on any atom is 0.259 e. The summed E-state index contributed by atoms with van der Waals surface area (Å²) in [6.45, 7) is 3.36. The van der Waals surface area contributed by atoms with E-state index in [0.29, 0.717) is 30.3 Å². The number of hydrogen-bond acceptors (Lipinski definition) is 5. The Morgan fingerprint density at radius 1 is 1.42 bits per heavy atom. The summed E-state index contributed by atoms with van der Waals surface area (Å²) in [5.41, 5.74) is 8.40. The molecular formula is C17H25ClN4O2. The van der Waals surface area contributed by atoms with Gasteiger partial charge in [0.2, 0.25) is 0 Å². The Labute approximate surface area is 148 Å². The molecule has 1 amide bonds. The van der Waals surface area contributed by atoms with E-state index in [1.54, 1.807) is 0 Å². The number of nitrogens with zero attached hydrogens (tertiary/aromatic N) is 2. The van der Waals surface area contributed by atoms with Crippen molar-refractivity contribution in [3.63, 3.8) is 0 Å². The third kappa shape index (κ3) is 4.05. The average molecular weight is 353 g/mol. The zero-order valence-electron chi connectivity index (χ0n) is 14.0. The van der Waals surface area contributed by atoms with Crippen molar-refractivity contribution in [3.05, 3.63) is 23.0 Å². The SMILES string of the molecule is CCCc1noc2nc(C3CC3)cc(C(=O)NCCCCN)c12.Cl. The maximum atomic E-state index is 12.6. The molecule has 2 heterocycles. The van der Waals surface area contributed by atoms with E-state index >= 15 is 0 Å². The zero-order chi connectivity index (χ0) is 16.2. The van der Waals surface area contributed by atoms with Crippen LogP contribution >= 0.6 is 12.4 Å². The number of carbonyl (C=O) groups is 1. The molecule has 1 fully saturated rings. The molecule has 1 saturated carbocycles. The van der Waals surface area contributed by atoms with Gasteiger partial charge < -0.3 is 15.6 Å². The van der Waals surface area contributed by atoms with Gasteiger partial charge >= 0.3 is 0 Å². The summed E-state index contributed by atoms with van der Waals surface area (Å²) in [5.74, 6) is 0.389. The number of nitrogens with two attached hydrogens (primary N) is 1. The van der Waals surface area contributed by atoms with Gasteiger partial charge in [0.1, 0.15) is 0 Å². The third-order valence-electron chi connectivity index (χ3n) is 4.18. The highest BCUT2D eigenvalue weighted by Gasteiger charge is 2.28. The number of fused-ring (bicyclic) bond motifs is 1. The lowest BCUT2D eigenvalue weighted by Crippen LogP contribution is -2.25. The molecule has 3 N–H and O–H groups in total. The molecule has 1 aliphatic carbocycles. The van der Waals surface area contributed by atoms with Crippen LogP contribution in [-0.2, 0) is 6.42 Å². The van der Waals surface area contributed by atoms with Crippen molar-refractivity contribution in [2.24, 2.45) is 5.73 Å². The number of halogens is 1. The normalized spacial score (nSPS) is 13.8. The van der Waals surface area contributed by atoms with Crippen molar-refractivity contribution in [2.45, 2.75) is 51.4 Å². The molecular weight excluding hydrogens is 328 g/mol. The summed E-state index contributed by atoms with van der Waals surface area (Å²) in [4.78, 5) is 17.2. The molecule has 0 aliphatic heterocycles. The molecule has 6 nitrogen and oxygen atoms in total. The van der Waals surface area contributed by atoms with Gasteiger partial charge in [0.15, 0.2) is 0 Å². The van der Waals surface area contributed by atoms with E-state index in [2.05, 4.69) is 22.4 Å². The molecule has 0 spiro atoms. The Hall–Kier alpha value is -1.66. The lowest BCUT2D eigenvalue weighted by molar-refractivity contribution is 0.0954. The van der Waals surface area contributed by atoms with Crippen molar-refractivity contribution in [2.75, 3.05) is 13.1 Å². The molecule has 132 valence electrons. The monoisotopic (exact) mass is 352 g/mol. The van der Waals surface area contributed by atoms with Crippen molar-refractivity contribution < 1.29 is 9.32 Å². The van der Waals surface area contributed by atoms with Gasteiger partial charge in [-0.05, 0) is 44.7 Å². The van der Waals surface area contributed by atoms with E-state index in [4.69, 9.17) is 10.3 Å². The first-order chi connectivity index (χ1) is 11.2. The van der Waals surface area contributed by atoms with Gasteiger partial charge in [-0.1, -0.05) is 18.5 Å². The van der Waals surface area contributed by atoms with Crippen LogP contribution in [0.4, 0.5) is 0 Å². The second kappa shape index (κ2) is 8.44. The number of aryl methyl sites for hydroxylation is 1. The van der Waals surface area contributed by atoms with Crippen LogP contribution in [0.3, 0.4) is 0 Å². The van der Waals surface area contributed by atoms with Gasteiger partial charge in [-0.25, -0.2) is 4.98 Å². The van der Waals surface area contributed by atoms with Crippen molar-refractivity contribution in [1.29, 1.82) is 0 Å². The van der Waals surface area contributed by atoms with Crippen LogP contribution in [0.1, 0.15) is 66.7 Å². The number of hydrogen-bond donors (Lipinski definition) is 2. The fourth-order valence-corrected chi connectivity index (χ4v) is 2.77. The predicted molar refractivity (Wildman–Crippen MR) is 95.6 cm³/mol. The summed E-state index contributed by atoms with van der Waals surface area (Å²) >= 11 is 0. The van der Waals surface area contributed by atoms with Crippen molar-refractivity contribution in [3.8, 4) is 0 Å². The Morgan fingerprint density at radius 3 is 2.88 bits per heavy atom. The highest BCUT2D eigenvalue weighted by atomic mass is 35.5. The Bertz CT molecular complexity index is 697. The first-order valence-corrected chi connectivity index (χ1v) is 8.52. The van der Waals surface area contributed by atoms with Gasteiger partial charge in [-0.3, -0.25) is 4.79 Å². The zero-order valence-corrected chi connectivity index (χ0v) is 14.8. The largest absolute Gasteiger partial charge is 0.352 e. The van der Waals surface area contributed by atoms with Crippen LogP contribution in [-0.4, -0.2) is 29.1 Å². The van der Waals surface area contributed by atoms with E-state index in [1.807, 2.05) is 6.07 Å². The molecule has 1 aliphatic rings. The summed E-state index contributed by atoms with van der Waals surface area (Å²) in [6, 6.07) is 1.93. The van der Waals surface area contributed by atoms with Crippen LogP contribution in [0, 0.1) is 0 Å². The quantitative estimate of drug-likeness (QED) is 0.712. The van der Waals surface area contributed by atoms with Crippen LogP contribution < -0.4 is 11.1 Å². The average Bonchev–Trinajstić information content (AvgIpc) is 3.33. The first kappa shape index (κ1) is 18.7. The number of pyridine rings is 1. The summed E-state index contributed by atoms with van der Waals surface area (Å²) in [5, 5.41) is 7.88. The van der Waals surface area contributed by atoms with E-state index < -0.39 is 0 Å². The Balaban J connectivity index is 0.00000208. The summed E-state index contributed by atoms with van der Waals surface area (Å²) < 4.78 is 5.40. The fourth-order valence-electron chi connectivity index (χ4n) is 2.77. The molecule has 0 saturated heterocycles. The molecule has 24 heavy (non-hydrogen) atoms. The number of unbranched alkanes of at least 4 members (excludes halogenated alkanes) is 1.